The van der Waals surface area contributed by atoms with Crippen LogP contribution >= 0.6 is 11.3 Å². The summed E-state index contributed by atoms with van der Waals surface area (Å²) in [6, 6.07) is 13.2. The van der Waals surface area contributed by atoms with E-state index < -0.39 is 11.9 Å². The number of ether oxygens (including phenoxy) is 1. The summed E-state index contributed by atoms with van der Waals surface area (Å²) in [5.74, 6) is -1.22. The lowest BCUT2D eigenvalue weighted by atomic mass is 10.1. The van der Waals surface area contributed by atoms with Crippen LogP contribution in [0, 0.1) is 12.7 Å². The van der Waals surface area contributed by atoms with Crippen LogP contribution in [-0.2, 0) is 20.7 Å². The summed E-state index contributed by atoms with van der Waals surface area (Å²) in [4.78, 5) is 28.3. The molecule has 0 unspecified atom stereocenters. The number of esters is 1. The highest BCUT2D eigenvalue weighted by Gasteiger charge is 2.10. The molecule has 1 heterocycles. The Morgan fingerprint density at radius 1 is 1.18 bits per heavy atom. The van der Waals surface area contributed by atoms with Gasteiger partial charge in [-0.25, -0.2) is 9.37 Å². The summed E-state index contributed by atoms with van der Waals surface area (Å²) in [5.41, 5.74) is 3.19. The molecule has 1 N–H and O–H groups in total. The third-order valence-corrected chi connectivity index (χ3v) is 4.73. The largest absolute Gasteiger partial charge is 0.456 e. The molecule has 0 aliphatic carbocycles. The van der Waals surface area contributed by atoms with E-state index in [0.29, 0.717) is 12.1 Å². The minimum absolute atomic E-state index is 0.123. The Balaban J connectivity index is 1.46. The van der Waals surface area contributed by atoms with Crippen LogP contribution in [0.2, 0.25) is 0 Å². The number of hydrogen-bond donors (Lipinski definition) is 1. The van der Waals surface area contributed by atoms with E-state index in [0.717, 1.165) is 21.8 Å². The molecule has 0 bridgehead atoms. The van der Waals surface area contributed by atoms with Crippen molar-refractivity contribution in [2.45, 2.75) is 19.8 Å². The Morgan fingerprint density at radius 3 is 2.68 bits per heavy atom. The molecule has 0 aliphatic rings. The van der Waals surface area contributed by atoms with Crippen LogP contribution in [0.4, 0.5) is 10.1 Å². The fourth-order valence-electron chi connectivity index (χ4n) is 2.57. The first-order chi connectivity index (χ1) is 13.5. The number of carbonyl (C=O) groups excluding carboxylic acids is 2. The highest BCUT2D eigenvalue weighted by molar-refractivity contribution is 7.09. The maximum absolute atomic E-state index is 12.9. The van der Waals surface area contributed by atoms with Gasteiger partial charge in [0.2, 0.25) is 0 Å². The minimum Gasteiger partial charge on any atom is -0.456 e. The van der Waals surface area contributed by atoms with E-state index >= 15 is 0 Å². The van der Waals surface area contributed by atoms with Crippen LogP contribution < -0.4 is 5.32 Å². The molecule has 0 fully saturated rings. The summed E-state index contributed by atoms with van der Waals surface area (Å²) in [7, 11) is 0. The number of anilines is 1. The second-order valence-corrected chi connectivity index (χ2v) is 7.23. The molecule has 7 heteroatoms. The van der Waals surface area contributed by atoms with Crippen LogP contribution in [0.15, 0.2) is 53.9 Å². The molecule has 0 spiro atoms. The SMILES string of the molecule is Cc1nc(-c2cccc(NC(=O)COC(=O)CCc3ccc(F)cc3)c2)cs1. The zero-order chi connectivity index (χ0) is 19.9. The zero-order valence-corrected chi connectivity index (χ0v) is 16.1. The van der Waals surface area contributed by atoms with Gasteiger partial charge in [-0.05, 0) is 43.2 Å². The molecule has 1 aromatic heterocycles. The number of hydrogen-bond acceptors (Lipinski definition) is 5. The average molecular weight is 398 g/mol. The Kier molecular flexibility index (Phi) is 6.49. The summed E-state index contributed by atoms with van der Waals surface area (Å²) >= 11 is 1.56. The maximum atomic E-state index is 12.9. The van der Waals surface area contributed by atoms with Gasteiger partial charge in [0.15, 0.2) is 6.61 Å². The first-order valence-electron chi connectivity index (χ1n) is 8.72. The van der Waals surface area contributed by atoms with Crippen molar-refractivity contribution in [3.8, 4) is 11.3 Å². The Bertz CT molecular complexity index is 970. The number of aryl methyl sites for hydroxylation is 2. The third-order valence-electron chi connectivity index (χ3n) is 3.96. The minimum atomic E-state index is -0.480. The number of halogens is 1. The van der Waals surface area contributed by atoms with Gasteiger partial charge in [0.1, 0.15) is 5.82 Å². The number of aromatic nitrogens is 1. The van der Waals surface area contributed by atoms with Crippen molar-refractivity contribution in [2.24, 2.45) is 0 Å². The first kappa shape index (κ1) is 19.7. The molecule has 3 aromatic rings. The van der Waals surface area contributed by atoms with E-state index in [1.54, 1.807) is 29.5 Å². The molecule has 5 nitrogen and oxygen atoms in total. The van der Waals surface area contributed by atoms with Crippen molar-refractivity contribution < 1.29 is 18.7 Å². The predicted molar refractivity (Wildman–Crippen MR) is 107 cm³/mol. The van der Waals surface area contributed by atoms with Gasteiger partial charge in [-0.2, -0.15) is 0 Å². The van der Waals surface area contributed by atoms with Gasteiger partial charge in [-0.1, -0.05) is 24.3 Å². The van der Waals surface area contributed by atoms with E-state index in [1.165, 1.54) is 12.1 Å². The van der Waals surface area contributed by atoms with Gasteiger partial charge in [0.05, 0.1) is 10.7 Å². The topological polar surface area (TPSA) is 68.3 Å². The van der Waals surface area contributed by atoms with Gasteiger partial charge in [-0.15, -0.1) is 11.3 Å². The second-order valence-electron chi connectivity index (χ2n) is 6.17. The van der Waals surface area contributed by atoms with Crippen LogP contribution in [0.3, 0.4) is 0 Å². The van der Waals surface area contributed by atoms with Gasteiger partial charge in [0, 0.05) is 23.1 Å². The van der Waals surface area contributed by atoms with Crippen molar-refractivity contribution in [1.29, 1.82) is 0 Å². The van der Waals surface area contributed by atoms with Crippen molar-refractivity contribution in [3.05, 3.63) is 70.3 Å². The van der Waals surface area contributed by atoms with E-state index in [2.05, 4.69) is 10.3 Å². The first-order valence-corrected chi connectivity index (χ1v) is 9.60. The fourth-order valence-corrected chi connectivity index (χ4v) is 3.19. The molecular formula is C21H19FN2O3S. The lowest BCUT2D eigenvalue weighted by Gasteiger charge is -2.08. The summed E-state index contributed by atoms with van der Waals surface area (Å²) in [6.07, 6.45) is 0.549. The third kappa shape index (κ3) is 5.72. The van der Waals surface area contributed by atoms with E-state index in [4.69, 9.17) is 4.74 Å². The number of thiazole rings is 1. The maximum Gasteiger partial charge on any atom is 0.306 e. The van der Waals surface area contributed by atoms with Gasteiger partial charge in [-0.3, -0.25) is 9.59 Å². The standard InChI is InChI=1S/C21H19FN2O3S/c1-14-23-19(13-28-14)16-3-2-4-18(11-16)24-20(25)12-27-21(26)10-7-15-5-8-17(22)9-6-15/h2-6,8-9,11,13H,7,10,12H2,1H3,(H,24,25). The monoisotopic (exact) mass is 398 g/mol. The zero-order valence-electron chi connectivity index (χ0n) is 15.3. The quantitative estimate of drug-likeness (QED) is 0.600. The van der Waals surface area contributed by atoms with Crippen molar-refractivity contribution in [1.82, 2.24) is 4.98 Å². The summed E-state index contributed by atoms with van der Waals surface area (Å²) in [6.45, 7) is 1.58. The predicted octanol–water partition coefficient (Wildman–Crippen LogP) is 4.37. The van der Waals surface area contributed by atoms with Crippen molar-refractivity contribution in [3.63, 3.8) is 0 Å². The van der Waals surface area contributed by atoms with Crippen LogP contribution in [0.5, 0.6) is 0 Å². The van der Waals surface area contributed by atoms with Crippen LogP contribution in [0.1, 0.15) is 17.0 Å². The Hall–Kier alpha value is -3.06. The van der Waals surface area contributed by atoms with Crippen molar-refractivity contribution >= 4 is 28.9 Å². The van der Waals surface area contributed by atoms with Gasteiger partial charge < -0.3 is 10.1 Å². The Morgan fingerprint density at radius 2 is 1.96 bits per heavy atom. The molecule has 144 valence electrons. The summed E-state index contributed by atoms with van der Waals surface area (Å²) in [5, 5.41) is 5.64. The van der Waals surface area contributed by atoms with E-state index in [1.807, 2.05) is 30.5 Å². The molecule has 0 radical (unpaired) electrons. The molecule has 28 heavy (non-hydrogen) atoms. The number of carbonyl (C=O) groups is 2. The lowest BCUT2D eigenvalue weighted by molar-refractivity contribution is -0.147. The highest BCUT2D eigenvalue weighted by atomic mass is 32.1. The van der Waals surface area contributed by atoms with Crippen LogP contribution in [0.25, 0.3) is 11.3 Å². The number of benzene rings is 2. The molecule has 2 aromatic carbocycles. The Labute approximate surface area is 166 Å². The van der Waals surface area contributed by atoms with Crippen molar-refractivity contribution in [2.75, 3.05) is 11.9 Å². The van der Waals surface area contributed by atoms with Gasteiger partial charge >= 0.3 is 5.97 Å². The number of nitrogens with zero attached hydrogens (tertiary/aromatic N) is 1. The summed E-state index contributed by atoms with van der Waals surface area (Å²) < 4.78 is 17.9. The second kappa shape index (κ2) is 9.23. The van der Waals surface area contributed by atoms with E-state index in [-0.39, 0.29) is 18.8 Å². The molecule has 0 saturated heterocycles. The molecule has 3 rings (SSSR count). The molecule has 1 amide bonds. The normalized spacial score (nSPS) is 10.5. The fraction of sp³-hybridized carbons (Fsp3) is 0.190. The molecule has 0 atom stereocenters. The lowest BCUT2D eigenvalue weighted by Crippen LogP contribution is -2.21. The van der Waals surface area contributed by atoms with Crippen LogP contribution in [-0.4, -0.2) is 23.5 Å². The van der Waals surface area contributed by atoms with Gasteiger partial charge in [0.25, 0.3) is 5.91 Å². The smallest absolute Gasteiger partial charge is 0.306 e. The van der Waals surface area contributed by atoms with E-state index in [9.17, 15) is 14.0 Å². The molecule has 0 saturated carbocycles. The molecular weight excluding hydrogens is 379 g/mol. The number of amides is 1. The number of nitrogens with one attached hydrogen (secondary N) is 1. The molecule has 0 aliphatic heterocycles. The average Bonchev–Trinajstić information content (AvgIpc) is 3.12. The highest BCUT2D eigenvalue weighted by Crippen LogP contribution is 2.24. The number of rotatable bonds is 7.